The fraction of sp³-hybridized carbons (Fsp3) is 0.364. The monoisotopic (exact) mass is 348 g/mol. The molecule has 2 aromatic carbocycles. The standard InChI is InChI=1S/C22H24N2O2/c25-21-10-5-13-24(21)15-20(17-6-2-1-3-7-17)23-22(26)19-12-11-16-8-4-9-18(16)14-19/h1-3,6-7,11-12,14,20H,4-5,8-10,13,15H2,(H,23,26)/t20-/m0/s1. The number of amides is 2. The Labute approximate surface area is 154 Å². The Kier molecular flexibility index (Phi) is 4.74. The van der Waals surface area contributed by atoms with E-state index >= 15 is 0 Å². The SMILES string of the molecule is O=C(N[C@@H](CN1CCCC1=O)c1ccccc1)c1ccc2c(c1)CCC2. The van der Waals surface area contributed by atoms with Crippen LogP contribution in [0.1, 0.15) is 52.4 Å². The lowest BCUT2D eigenvalue weighted by Gasteiger charge is -2.25. The third-order valence-corrected chi connectivity index (χ3v) is 5.44. The quantitative estimate of drug-likeness (QED) is 0.901. The zero-order valence-corrected chi connectivity index (χ0v) is 14.9. The minimum absolute atomic E-state index is 0.0693. The Hall–Kier alpha value is -2.62. The zero-order valence-electron chi connectivity index (χ0n) is 14.9. The normalized spacial score (nSPS) is 17.2. The lowest BCUT2D eigenvalue weighted by atomic mass is 10.0. The Bertz CT molecular complexity index is 816. The summed E-state index contributed by atoms with van der Waals surface area (Å²) in [6.07, 6.45) is 4.85. The third-order valence-electron chi connectivity index (χ3n) is 5.44. The lowest BCUT2D eigenvalue weighted by Crippen LogP contribution is -2.38. The molecule has 0 saturated carbocycles. The first kappa shape index (κ1) is 16.8. The summed E-state index contributed by atoms with van der Waals surface area (Å²) in [5, 5.41) is 3.16. The molecule has 1 fully saturated rings. The number of likely N-dealkylation sites (tertiary alicyclic amines) is 1. The van der Waals surface area contributed by atoms with E-state index in [1.165, 1.54) is 17.5 Å². The summed E-state index contributed by atoms with van der Waals surface area (Å²) in [5.41, 5.74) is 4.40. The van der Waals surface area contributed by atoms with Crippen molar-refractivity contribution < 1.29 is 9.59 Å². The molecule has 1 N–H and O–H groups in total. The molecule has 4 heteroatoms. The van der Waals surface area contributed by atoms with Gasteiger partial charge in [-0.15, -0.1) is 0 Å². The lowest BCUT2D eigenvalue weighted by molar-refractivity contribution is -0.128. The molecule has 0 bridgehead atoms. The number of benzene rings is 2. The van der Waals surface area contributed by atoms with E-state index in [0.29, 0.717) is 18.5 Å². The Morgan fingerprint density at radius 3 is 2.58 bits per heavy atom. The molecule has 26 heavy (non-hydrogen) atoms. The van der Waals surface area contributed by atoms with Gasteiger partial charge in [0.25, 0.3) is 5.91 Å². The highest BCUT2D eigenvalue weighted by Gasteiger charge is 2.25. The summed E-state index contributed by atoms with van der Waals surface area (Å²) in [4.78, 5) is 26.8. The molecule has 134 valence electrons. The van der Waals surface area contributed by atoms with Gasteiger partial charge in [0, 0.05) is 25.1 Å². The summed E-state index contributed by atoms with van der Waals surface area (Å²) in [6.45, 7) is 1.30. The topological polar surface area (TPSA) is 49.4 Å². The van der Waals surface area contributed by atoms with Crippen molar-refractivity contribution in [2.75, 3.05) is 13.1 Å². The molecule has 2 aromatic rings. The fourth-order valence-corrected chi connectivity index (χ4v) is 3.99. The third kappa shape index (κ3) is 3.50. The van der Waals surface area contributed by atoms with Gasteiger partial charge >= 0.3 is 0 Å². The molecule has 0 aromatic heterocycles. The van der Waals surface area contributed by atoms with E-state index in [4.69, 9.17) is 0 Å². The smallest absolute Gasteiger partial charge is 0.251 e. The number of rotatable bonds is 5. The molecule has 1 aliphatic heterocycles. The number of hydrogen-bond donors (Lipinski definition) is 1. The van der Waals surface area contributed by atoms with Crippen molar-refractivity contribution in [1.82, 2.24) is 10.2 Å². The number of carbonyl (C=O) groups is 2. The van der Waals surface area contributed by atoms with Crippen molar-refractivity contribution in [3.05, 3.63) is 70.8 Å². The summed E-state index contributed by atoms with van der Waals surface area (Å²) >= 11 is 0. The van der Waals surface area contributed by atoms with Gasteiger partial charge in [-0.2, -0.15) is 0 Å². The van der Waals surface area contributed by atoms with Gasteiger partial charge < -0.3 is 10.2 Å². The Morgan fingerprint density at radius 2 is 1.81 bits per heavy atom. The summed E-state index contributed by atoms with van der Waals surface area (Å²) in [6, 6.07) is 15.7. The molecular formula is C22H24N2O2. The van der Waals surface area contributed by atoms with Crippen LogP contribution in [0.4, 0.5) is 0 Å². The molecule has 1 atom stereocenters. The van der Waals surface area contributed by atoms with E-state index in [0.717, 1.165) is 31.4 Å². The summed E-state index contributed by atoms with van der Waals surface area (Å²) in [7, 11) is 0. The highest BCUT2D eigenvalue weighted by Crippen LogP contribution is 2.24. The van der Waals surface area contributed by atoms with Gasteiger partial charge in [-0.25, -0.2) is 0 Å². The Balaban J connectivity index is 1.54. The minimum atomic E-state index is -0.195. The molecule has 4 rings (SSSR count). The van der Waals surface area contributed by atoms with Crippen LogP contribution >= 0.6 is 0 Å². The first-order valence-corrected chi connectivity index (χ1v) is 9.46. The van der Waals surface area contributed by atoms with Crippen LogP contribution < -0.4 is 5.32 Å². The van der Waals surface area contributed by atoms with E-state index in [1.54, 1.807) is 0 Å². The predicted octanol–water partition coefficient (Wildman–Crippen LogP) is 3.27. The van der Waals surface area contributed by atoms with E-state index in [2.05, 4.69) is 11.4 Å². The molecule has 0 spiro atoms. The number of carbonyl (C=O) groups excluding carboxylic acids is 2. The summed E-state index contributed by atoms with van der Waals surface area (Å²) in [5.74, 6) is 0.109. The average Bonchev–Trinajstić information content (AvgIpc) is 3.30. The van der Waals surface area contributed by atoms with Crippen LogP contribution in [0, 0.1) is 0 Å². The van der Waals surface area contributed by atoms with Crippen LogP contribution in [0.5, 0.6) is 0 Å². The predicted molar refractivity (Wildman–Crippen MR) is 101 cm³/mol. The molecule has 1 aliphatic carbocycles. The van der Waals surface area contributed by atoms with Crippen molar-refractivity contribution in [1.29, 1.82) is 0 Å². The highest BCUT2D eigenvalue weighted by atomic mass is 16.2. The largest absolute Gasteiger partial charge is 0.343 e. The number of nitrogens with one attached hydrogen (secondary N) is 1. The van der Waals surface area contributed by atoms with Crippen molar-refractivity contribution in [3.63, 3.8) is 0 Å². The van der Waals surface area contributed by atoms with Crippen LogP contribution in [0.3, 0.4) is 0 Å². The molecule has 0 unspecified atom stereocenters. The maximum atomic E-state index is 12.9. The van der Waals surface area contributed by atoms with Gasteiger partial charge in [0.15, 0.2) is 0 Å². The second-order valence-corrected chi connectivity index (χ2v) is 7.22. The zero-order chi connectivity index (χ0) is 17.9. The van der Waals surface area contributed by atoms with Crippen LogP contribution in [0.15, 0.2) is 48.5 Å². The molecular weight excluding hydrogens is 324 g/mol. The second-order valence-electron chi connectivity index (χ2n) is 7.22. The van der Waals surface area contributed by atoms with Gasteiger partial charge in [0.1, 0.15) is 0 Å². The fourth-order valence-electron chi connectivity index (χ4n) is 3.99. The molecule has 0 radical (unpaired) electrons. The van der Waals surface area contributed by atoms with Gasteiger partial charge in [0.05, 0.1) is 6.04 Å². The number of nitrogens with zero attached hydrogens (tertiary/aromatic N) is 1. The van der Waals surface area contributed by atoms with Crippen molar-refractivity contribution in [3.8, 4) is 0 Å². The van der Waals surface area contributed by atoms with Gasteiger partial charge in [0.2, 0.25) is 5.91 Å². The number of fused-ring (bicyclic) bond motifs is 1. The van der Waals surface area contributed by atoms with Crippen molar-refractivity contribution >= 4 is 11.8 Å². The van der Waals surface area contributed by atoms with Crippen molar-refractivity contribution in [2.45, 2.75) is 38.1 Å². The molecule has 1 heterocycles. The van der Waals surface area contributed by atoms with E-state index in [-0.39, 0.29) is 17.9 Å². The van der Waals surface area contributed by atoms with E-state index in [1.807, 2.05) is 47.4 Å². The van der Waals surface area contributed by atoms with E-state index in [9.17, 15) is 9.59 Å². The summed E-state index contributed by atoms with van der Waals surface area (Å²) < 4.78 is 0. The van der Waals surface area contributed by atoms with Crippen molar-refractivity contribution in [2.24, 2.45) is 0 Å². The first-order valence-electron chi connectivity index (χ1n) is 9.46. The molecule has 4 nitrogen and oxygen atoms in total. The molecule has 2 aliphatic rings. The van der Waals surface area contributed by atoms with E-state index < -0.39 is 0 Å². The highest BCUT2D eigenvalue weighted by molar-refractivity contribution is 5.94. The average molecular weight is 348 g/mol. The maximum absolute atomic E-state index is 12.9. The van der Waals surface area contributed by atoms with Crippen LogP contribution in [0.25, 0.3) is 0 Å². The molecule has 1 saturated heterocycles. The van der Waals surface area contributed by atoms with Gasteiger partial charge in [-0.1, -0.05) is 36.4 Å². The van der Waals surface area contributed by atoms with Gasteiger partial charge in [-0.05, 0) is 54.5 Å². The first-order chi connectivity index (χ1) is 12.7. The Morgan fingerprint density at radius 1 is 1.00 bits per heavy atom. The number of hydrogen-bond acceptors (Lipinski definition) is 2. The number of aryl methyl sites for hydroxylation is 2. The van der Waals surface area contributed by atoms with Crippen LogP contribution in [0.2, 0.25) is 0 Å². The van der Waals surface area contributed by atoms with Gasteiger partial charge in [-0.3, -0.25) is 9.59 Å². The van der Waals surface area contributed by atoms with Crippen LogP contribution in [-0.2, 0) is 17.6 Å². The minimum Gasteiger partial charge on any atom is -0.343 e. The maximum Gasteiger partial charge on any atom is 0.251 e. The second kappa shape index (κ2) is 7.32. The molecule has 2 amide bonds. The van der Waals surface area contributed by atoms with Crippen LogP contribution in [-0.4, -0.2) is 29.8 Å².